The molecule has 1 N–H and O–H groups in total. The van der Waals surface area contributed by atoms with Gasteiger partial charge in [-0.25, -0.2) is 8.42 Å². The van der Waals surface area contributed by atoms with Gasteiger partial charge in [0, 0.05) is 52.1 Å². The number of aromatic nitrogens is 2. The Bertz CT molecular complexity index is 770. The third-order valence-electron chi connectivity index (χ3n) is 4.79. The smallest absolute Gasteiger partial charge is 0.226 e. The minimum Gasteiger partial charge on any atom is -0.378 e. The first-order valence-electron chi connectivity index (χ1n) is 10.6. The Hall–Kier alpha value is -1.72. The molecule has 0 atom stereocenters. The van der Waals surface area contributed by atoms with Crippen LogP contribution in [0, 0.1) is 0 Å². The second-order valence-corrected chi connectivity index (χ2v) is 9.99. The minimum absolute atomic E-state index is 0.0202. The molecule has 1 fully saturated rings. The molecule has 2 rings (SSSR count). The Morgan fingerprint density at radius 1 is 1.23 bits per heavy atom. The van der Waals surface area contributed by atoms with E-state index in [1.165, 1.54) is 0 Å². The van der Waals surface area contributed by atoms with Gasteiger partial charge in [0.2, 0.25) is 15.9 Å². The van der Waals surface area contributed by atoms with E-state index < -0.39 is 10.0 Å². The SMILES string of the molecule is CN=C(NCCCc1nc(C(C)C)no1)N1CCN(S(=O)(=O)CCOC(C)C)CC1. The van der Waals surface area contributed by atoms with Gasteiger partial charge in [0.15, 0.2) is 11.8 Å². The molecular weight excluding hydrogens is 408 g/mol. The van der Waals surface area contributed by atoms with E-state index in [0.29, 0.717) is 38.5 Å². The summed E-state index contributed by atoms with van der Waals surface area (Å²) in [6, 6.07) is 0. The number of hydrogen-bond donors (Lipinski definition) is 1. The second-order valence-electron chi connectivity index (χ2n) is 7.90. The predicted molar refractivity (Wildman–Crippen MR) is 116 cm³/mol. The molecule has 2 heterocycles. The highest BCUT2D eigenvalue weighted by atomic mass is 32.2. The number of sulfonamides is 1. The highest BCUT2D eigenvalue weighted by Gasteiger charge is 2.28. The number of rotatable bonds is 10. The van der Waals surface area contributed by atoms with Gasteiger partial charge in [-0.3, -0.25) is 4.99 Å². The van der Waals surface area contributed by atoms with Gasteiger partial charge in [-0.05, 0) is 20.3 Å². The first-order valence-corrected chi connectivity index (χ1v) is 12.2. The van der Waals surface area contributed by atoms with Crippen molar-refractivity contribution in [1.82, 2.24) is 24.7 Å². The van der Waals surface area contributed by atoms with Crippen molar-refractivity contribution in [3.63, 3.8) is 0 Å². The summed E-state index contributed by atoms with van der Waals surface area (Å²) in [5.41, 5.74) is 0. The zero-order chi connectivity index (χ0) is 22.1. The molecule has 0 aromatic carbocycles. The molecule has 10 nitrogen and oxygen atoms in total. The average Bonchev–Trinajstić information content (AvgIpc) is 3.17. The lowest BCUT2D eigenvalue weighted by atomic mass is 10.2. The van der Waals surface area contributed by atoms with Gasteiger partial charge in [-0.2, -0.15) is 9.29 Å². The Labute approximate surface area is 180 Å². The number of nitrogens with one attached hydrogen (secondary N) is 1. The van der Waals surface area contributed by atoms with Crippen LogP contribution in [0.2, 0.25) is 0 Å². The topological polar surface area (TPSA) is 113 Å². The van der Waals surface area contributed by atoms with Gasteiger partial charge < -0.3 is 19.5 Å². The maximum Gasteiger partial charge on any atom is 0.226 e. The number of aliphatic imine (C=N–C) groups is 1. The normalized spacial score (nSPS) is 16.6. The van der Waals surface area contributed by atoms with Gasteiger partial charge in [-0.1, -0.05) is 19.0 Å². The largest absolute Gasteiger partial charge is 0.378 e. The lowest BCUT2D eigenvalue weighted by Gasteiger charge is -2.35. The molecule has 30 heavy (non-hydrogen) atoms. The van der Waals surface area contributed by atoms with E-state index in [1.807, 2.05) is 27.7 Å². The van der Waals surface area contributed by atoms with Crippen molar-refractivity contribution < 1.29 is 17.7 Å². The number of hydrogen-bond acceptors (Lipinski definition) is 7. The van der Waals surface area contributed by atoms with Crippen molar-refractivity contribution in [2.24, 2.45) is 4.99 Å². The summed E-state index contributed by atoms with van der Waals surface area (Å²) in [7, 11) is -1.55. The number of guanidine groups is 1. The molecule has 1 aromatic rings. The van der Waals surface area contributed by atoms with E-state index >= 15 is 0 Å². The minimum atomic E-state index is -3.29. The standard InChI is InChI=1S/C19H36N6O4S/c1-15(2)18-22-17(29-23-18)7-6-8-21-19(20-5)24-9-11-25(12-10-24)30(26,27)14-13-28-16(3)4/h15-16H,6-14H2,1-5H3,(H,20,21). The predicted octanol–water partition coefficient (Wildman–Crippen LogP) is 1.07. The van der Waals surface area contributed by atoms with E-state index in [-0.39, 0.29) is 24.4 Å². The molecule has 0 saturated carbocycles. The molecular formula is C19H36N6O4S. The van der Waals surface area contributed by atoms with Crippen LogP contribution in [0.25, 0.3) is 0 Å². The van der Waals surface area contributed by atoms with Crippen molar-refractivity contribution in [3.8, 4) is 0 Å². The maximum atomic E-state index is 12.5. The molecule has 0 spiro atoms. The fourth-order valence-corrected chi connectivity index (χ4v) is 4.36. The number of nitrogens with zero attached hydrogens (tertiary/aromatic N) is 5. The van der Waals surface area contributed by atoms with Gasteiger partial charge in [-0.15, -0.1) is 0 Å². The van der Waals surface area contributed by atoms with Crippen molar-refractivity contribution in [3.05, 3.63) is 11.7 Å². The van der Waals surface area contributed by atoms with Crippen LogP contribution in [0.3, 0.4) is 0 Å². The molecule has 11 heteroatoms. The van der Waals surface area contributed by atoms with E-state index in [1.54, 1.807) is 11.4 Å². The summed E-state index contributed by atoms with van der Waals surface area (Å²) in [5, 5.41) is 7.31. The Morgan fingerprint density at radius 3 is 2.50 bits per heavy atom. The molecule has 0 unspecified atom stereocenters. The summed E-state index contributed by atoms with van der Waals surface area (Å²) < 4.78 is 37.1. The molecule has 0 amide bonds. The lowest BCUT2D eigenvalue weighted by molar-refractivity contribution is 0.0904. The molecule has 1 aliphatic heterocycles. The third kappa shape index (κ3) is 7.51. The van der Waals surface area contributed by atoms with E-state index in [9.17, 15) is 8.42 Å². The van der Waals surface area contributed by atoms with Crippen LogP contribution in [0.4, 0.5) is 0 Å². The van der Waals surface area contributed by atoms with E-state index in [4.69, 9.17) is 9.26 Å². The molecule has 1 saturated heterocycles. The molecule has 0 bridgehead atoms. The van der Waals surface area contributed by atoms with Crippen LogP contribution >= 0.6 is 0 Å². The van der Waals surface area contributed by atoms with Crippen LogP contribution in [-0.2, 0) is 21.2 Å². The van der Waals surface area contributed by atoms with Crippen LogP contribution in [0.15, 0.2) is 9.52 Å². The van der Waals surface area contributed by atoms with Crippen LogP contribution in [-0.4, -0.2) is 92.0 Å². The summed E-state index contributed by atoms with van der Waals surface area (Å²) >= 11 is 0. The third-order valence-corrected chi connectivity index (χ3v) is 6.62. The van der Waals surface area contributed by atoms with Crippen molar-refractivity contribution in [2.75, 3.05) is 52.1 Å². The van der Waals surface area contributed by atoms with Crippen LogP contribution in [0.5, 0.6) is 0 Å². The first-order chi connectivity index (χ1) is 14.2. The van der Waals surface area contributed by atoms with Gasteiger partial charge in [0.25, 0.3) is 0 Å². The molecule has 172 valence electrons. The summed E-state index contributed by atoms with van der Waals surface area (Å²) in [6.45, 7) is 10.9. The van der Waals surface area contributed by atoms with Gasteiger partial charge >= 0.3 is 0 Å². The van der Waals surface area contributed by atoms with Crippen LogP contribution < -0.4 is 5.32 Å². The maximum absolute atomic E-state index is 12.5. The van der Waals surface area contributed by atoms with Gasteiger partial charge in [0.1, 0.15) is 0 Å². The fourth-order valence-electron chi connectivity index (χ4n) is 3.07. The molecule has 0 radical (unpaired) electrons. The summed E-state index contributed by atoms with van der Waals surface area (Å²) in [4.78, 5) is 10.8. The highest BCUT2D eigenvalue weighted by molar-refractivity contribution is 7.89. The zero-order valence-electron chi connectivity index (χ0n) is 18.8. The second kappa shape index (κ2) is 11.6. The Morgan fingerprint density at radius 2 is 1.93 bits per heavy atom. The zero-order valence-corrected chi connectivity index (χ0v) is 19.6. The average molecular weight is 445 g/mol. The number of piperazine rings is 1. The van der Waals surface area contributed by atoms with Crippen molar-refractivity contribution >= 4 is 16.0 Å². The quantitative estimate of drug-likeness (QED) is 0.324. The summed E-state index contributed by atoms with van der Waals surface area (Å²) in [5.74, 6) is 2.44. The van der Waals surface area contributed by atoms with Gasteiger partial charge in [0.05, 0.1) is 18.5 Å². The molecule has 1 aromatic heterocycles. The van der Waals surface area contributed by atoms with Crippen molar-refractivity contribution in [2.45, 2.75) is 52.6 Å². The van der Waals surface area contributed by atoms with E-state index in [2.05, 4.69) is 25.3 Å². The molecule has 1 aliphatic rings. The first kappa shape index (κ1) is 24.5. The monoisotopic (exact) mass is 444 g/mol. The number of ether oxygens (including phenoxy) is 1. The Balaban J connectivity index is 1.72. The molecule has 0 aliphatic carbocycles. The Kier molecular flexibility index (Phi) is 9.50. The van der Waals surface area contributed by atoms with Crippen molar-refractivity contribution in [1.29, 1.82) is 0 Å². The lowest BCUT2D eigenvalue weighted by Crippen LogP contribution is -2.54. The summed E-state index contributed by atoms with van der Waals surface area (Å²) in [6.07, 6.45) is 1.57. The van der Waals surface area contributed by atoms with Crippen LogP contribution in [0.1, 0.15) is 51.7 Å². The van der Waals surface area contributed by atoms with E-state index in [0.717, 1.165) is 24.7 Å². The number of aryl methyl sites for hydroxylation is 1. The highest BCUT2D eigenvalue weighted by Crippen LogP contribution is 2.11. The fraction of sp³-hybridized carbons (Fsp3) is 0.842.